The molecule has 0 saturated carbocycles. The molecule has 0 amide bonds. The molecule has 0 saturated heterocycles. The standard InChI is InChI=1S/C15H11ClFN7S/c1-8(11-3-2-9(17)6-19-11)21-14-22-12(16)4-13(23-14)24-15-20-7-10(5-18)25-15/h2-4,6-8H,1H3,(H2,20,21,22,23,24). The van der Waals surface area contributed by atoms with E-state index >= 15 is 0 Å². The number of nitrogens with zero attached hydrogens (tertiary/aromatic N) is 5. The number of nitrogens with one attached hydrogen (secondary N) is 2. The summed E-state index contributed by atoms with van der Waals surface area (Å²) in [6.07, 6.45) is 2.62. The molecule has 1 unspecified atom stereocenters. The fourth-order valence-electron chi connectivity index (χ4n) is 1.95. The maximum atomic E-state index is 13.0. The number of hydrogen-bond acceptors (Lipinski definition) is 8. The second kappa shape index (κ2) is 7.38. The molecule has 3 aromatic rings. The molecule has 10 heteroatoms. The van der Waals surface area contributed by atoms with Gasteiger partial charge in [0.2, 0.25) is 5.95 Å². The zero-order valence-electron chi connectivity index (χ0n) is 12.9. The van der Waals surface area contributed by atoms with E-state index in [1.165, 1.54) is 23.6 Å². The Morgan fingerprint density at radius 2 is 2.12 bits per heavy atom. The van der Waals surface area contributed by atoms with Crippen molar-refractivity contribution >= 4 is 39.8 Å². The third kappa shape index (κ3) is 4.37. The number of rotatable bonds is 5. The lowest BCUT2D eigenvalue weighted by Crippen LogP contribution is -2.11. The van der Waals surface area contributed by atoms with E-state index in [1.54, 1.807) is 12.1 Å². The lowest BCUT2D eigenvalue weighted by atomic mass is 10.2. The van der Waals surface area contributed by atoms with E-state index in [0.29, 0.717) is 21.5 Å². The van der Waals surface area contributed by atoms with Crippen LogP contribution >= 0.6 is 22.9 Å². The molecule has 3 heterocycles. The summed E-state index contributed by atoms with van der Waals surface area (Å²) >= 11 is 7.23. The highest BCUT2D eigenvalue weighted by atomic mass is 35.5. The van der Waals surface area contributed by atoms with Crippen molar-refractivity contribution < 1.29 is 4.39 Å². The van der Waals surface area contributed by atoms with E-state index in [4.69, 9.17) is 16.9 Å². The van der Waals surface area contributed by atoms with Crippen LogP contribution in [0.15, 0.2) is 30.6 Å². The van der Waals surface area contributed by atoms with Crippen molar-refractivity contribution in [1.29, 1.82) is 5.26 Å². The van der Waals surface area contributed by atoms with Crippen LogP contribution in [0.5, 0.6) is 0 Å². The quantitative estimate of drug-likeness (QED) is 0.652. The first kappa shape index (κ1) is 17.0. The molecule has 7 nitrogen and oxygen atoms in total. The molecule has 3 aromatic heterocycles. The van der Waals surface area contributed by atoms with Crippen molar-refractivity contribution in [3.63, 3.8) is 0 Å². The highest BCUT2D eigenvalue weighted by Crippen LogP contribution is 2.24. The highest BCUT2D eigenvalue weighted by Gasteiger charge is 2.11. The summed E-state index contributed by atoms with van der Waals surface area (Å²) in [6, 6.07) is 6.22. The number of aromatic nitrogens is 4. The highest BCUT2D eigenvalue weighted by molar-refractivity contribution is 7.16. The summed E-state index contributed by atoms with van der Waals surface area (Å²) < 4.78 is 13.0. The summed E-state index contributed by atoms with van der Waals surface area (Å²) in [4.78, 5) is 17.0. The molecule has 0 bridgehead atoms. The minimum Gasteiger partial charge on any atom is -0.346 e. The number of thiazole rings is 1. The Bertz CT molecular complexity index is 922. The summed E-state index contributed by atoms with van der Waals surface area (Å²) in [5.74, 6) is 0.313. The van der Waals surface area contributed by atoms with Gasteiger partial charge in [-0.2, -0.15) is 10.2 Å². The van der Waals surface area contributed by atoms with Crippen LogP contribution < -0.4 is 10.6 Å². The van der Waals surface area contributed by atoms with Crippen LogP contribution in [-0.4, -0.2) is 19.9 Å². The number of anilines is 3. The minimum atomic E-state index is -0.401. The lowest BCUT2D eigenvalue weighted by molar-refractivity contribution is 0.617. The average Bonchev–Trinajstić information content (AvgIpc) is 3.02. The van der Waals surface area contributed by atoms with Gasteiger partial charge in [-0.25, -0.2) is 14.4 Å². The van der Waals surface area contributed by atoms with Gasteiger partial charge >= 0.3 is 0 Å². The fraction of sp³-hybridized carbons (Fsp3) is 0.133. The zero-order chi connectivity index (χ0) is 17.8. The Morgan fingerprint density at radius 3 is 2.80 bits per heavy atom. The molecule has 0 aromatic carbocycles. The second-order valence-electron chi connectivity index (χ2n) is 4.93. The van der Waals surface area contributed by atoms with Crippen LogP contribution in [0.25, 0.3) is 0 Å². The third-order valence-electron chi connectivity index (χ3n) is 3.09. The molecule has 0 aliphatic heterocycles. The van der Waals surface area contributed by atoms with Crippen LogP contribution in [0.3, 0.4) is 0 Å². The largest absolute Gasteiger partial charge is 0.346 e. The van der Waals surface area contributed by atoms with Gasteiger partial charge in [-0.3, -0.25) is 4.98 Å². The summed E-state index contributed by atoms with van der Waals surface area (Å²) in [7, 11) is 0. The predicted molar refractivity (Wildman–Crippen MR) is 93.4 cm³/mol. The summed E-state index contributed by atoms with van der Waals surface area (Å²) in [5.41, 5.74) is 0.637. The first-order chi connectivity index (χ1) is 12.0. The van der Waals surface area contributed by atoms with E-state index in [-0.39, 0.29) is 17.1 Å². The van der Waals surface area contributed by atoms with Gasteiger partial charge in [0, 0.05) is 6.07 Å². The maximum absolute atomic E-state index is 13.0. The molecule has 2 N–H and O–H groups in total. The minimum absolute atomic E-state index is 0.233. The van der Waals surface area contributed by atoms with Gasteiger partial charge in [0.1, 0.15) is 27.7 Å². The van der Waals surface area contributed by atoms with E-state index in [9.17, 15) is 4.39 Å². The molecular formula is C15H11ClFN7S. The van der Waals surface area contributed by atoms with Crippen molar-refractivity contribution in [3.8, 4) is 6.07 Å². The van der Waals surface area contributed by atoms with Crippen molar-refractivity contribution in [1.82, 2.24) is 19.9 Å². The first-order valence-electron chi connectivity index (χ1n) is 7.09. The second-order valence-corrected chi connectivity index (χ2v) is 6.35. The van der Waals surface area contributed by atoms with Gasteiger partial charge in [0.05, 0.1) is 24.1 Å². The normalized spacial score (nSPS) is 11.6. The molecule has 0 spiro atoms. The predicted octanol–water partition coefficient (Wildman–Crippen LogP) is 3.91. The Balaban J connectivity index is 1.76. The fourth-order valence-corrected chi connectivity index (χ4v) is 2.75. The van der Waals surface area contributed by atoms with Gasteiger partial charge in [-0.1, -0.05) is 22.9 Å². The van der Waals surface area contributed by atoms with Crippen LogP contribution in [0, 0.1) is 17.1 Å². The first-order valence-corrected chi connectivity index (χ1v) is 8.28. The van der Waals surface area contributed by atoms with Crippen molar-refractivity contribution in [2.24, 2.45) is 0 Å². The Labute approximate surface area is 151 Å². The van der Waals surface area contributed by atoms with Gasteiger partial charge < -0.3 is 10.6 Å². The maximum Gasteiger partial charge on any atom is 0.226 e. The molecule has 126 valence electrons. The van der Waals surface area contributed by atoms with Crippen LogP contribution in [0.4, 0.5) is 21.3 Å². The van der Waals surface area contributed by atoms with Crippen molar-refractivity contribution in [3.05, 3.63) is 52.1 Å². The topological polar surface area (TPSA) is 99.4 Å². The molecular weight excluding hydrogens is 365 g/mol. The SMILES string of the molecule is CC(Nc1nc(Cl)cc(Nc2ncc(C#N)s2)n1)c1ccc(F)cn1. The molecule has 0 aliphatic carbocycles. The lowest BCUT2D eigenvalue weighted by Gasteiger charge is -2.14. The monoisotopic (exact) mass is 375 g/mol. The van der Waals surface area contributed by atoms with Gasteiger partial charge in [-0.15, -0.1) is 0 Å². The van der Waals surface area contributed by atoms with E-state index in [1.807, 2.05) is 13.0 Å². The molecule has 0 radical (unpaired) electrons. The zero-order valence-corrected chi connectivity index (χ0v) is 14.4. The van der Waals surface area contributed by atoms with Crippen LogP contribution in [0.2, 0.25) is 5.15 Å². The van der Waals surface area contributed by atoms with E-state index < -0.39 is 5.82 Å². The number of nitriles is 1. The summed E-state index contributed by atoms with van der Waals surface area (Å²) in [5, 5.41) is 15.6. The molecule has 1 atom stereocenters. The average molecular weight is 376 g/mol. The van der Waals surface area contributed by atoms with Gasteiger partial charge in [0.15, 0.2) is 5.13 Å². The van der Waals surface area contributed by atoms with Gasteiger partial charge in [-0.05, 0) is 19.1 Å². The van der Waals surface area contributed by atoms with E-state index in [0.717, 1.165) is 6.20 Å². The molecule has 3 rings (SSSR count). The van der Waals surface area contributed by atoms with Crippen molar-refractivity contribution in [2.45, 2.75) is 13.0 Å². The third-order valence-corrected chi connectivity index (χ3v) is 4.10. The molecule has 0 fully saturated rings. The number of pyridine rings is 1. The molecule has 0 aliphatic rings. The van der Waals surface area contributed by atoms with Gasteiger partial charge in [0.25, 0.3) is 0 Å². The number of hydrogen-bond donors (Lipinski definition) is 2. The smallest absolute Gasteiger partial charge is 0.226 e. The number of halogens is 2. The molecule has 25 heavy (non-hydrogen) atoms. The Kier molecular flexibility index (Phi) is 5.02. The Hall–Kier alpha value is -2.83. The van der Waals surface area contributed by atoms with Crippen LogP contribution in [0.1, 0.15) is 23.5 Å². The van der Waals surface area contributed by atoms with E-state index in [2.05, 4.69) is 30.6 Å². The van der Waals surface area contributed by atoms with Crippen LogP contribution in [-0.2, 0) is 0 Å². The summed E-state index contributed by atoms with van der Waals surface area (Å²) in [6.45, 7) is 1.84. The Morgan fingerprint density at radius 1 is 1.28 bits per heavy atom. The van der Waals surface area contributed by atoms with Crippen molar-refractivity contribution in [2.75, 3.05) is 10.6 Å².